The second kappa shape index (κ2) is 8.84. The molecule has 1 aromatic rings. The molecule has 0 saturated carbocycles. The minimum atomic E-state index is -5.20. The zero-order chi connectivity index (χ0) is 20.3. The van der Waals surface area contributed by atoms with Gasteiger partial charge >= 0.3 is 18.1 Å². The third kappa shape index (κ3) is 7.36. The molecule has 146 valence electrons. The molecule has 0 heterocycles. The lowest BCUT2D eigenvalue weighted by molar-refractivity contribution is -0.197. The van der Waals surface area contributed by atoms with Crippen molar-refractivity contribution in [1.82, 2.24) is 0 Å². The maximum atomic E-state index is 12.8. The van der Waals surface area contributed by atoms with Crippen LogP contribution in [-0.4, -0.2) is 46.9 Å². The Bertz CT molecular complexity index is 795. The van der Waals surface area contributed by atoms with Gasteiger partial charge in [0.15, 0.2) is 0 Å². The van der Waals surface area contributed by atoms with Crippen LogP contribution in [0.4, 0.5) is 13.2 Å². The predicted molar refractivity (Wildman–Crippen MR) is 94.9 cm³/mol. The van der Waals surface area contributed by atoms with Gasteiger partial charge in [0.2, 0.25) is 6.10 Å². The molecule has 1 aromatic carbocycles. The molecule has 0 aromatic heterocycles. The van der Waals surface area contributed by atoms with Gasteiger partial charge in [-0.15, -0.1) is 0 Å². The zero-order valence-corrected chi connectivity index (χ0v) is 17.3. The fourth-order valence-corrected chi connectivity index (χ4v) is 2.71. The summed E-state index contributed by atoms with van der Waals surface area (Å²) in [5.74, 6) is -3.85. The molecule has 26 heavy (non-hydrogen) atoms. The number of hydrogen-bond donors (Lipinski definition) is 1. The van der Waals surface area contributed by atoms with Crippen LogP contribution in [0.15, 0.2) is 22.7 Å². The van der Waals surface area contributed by atoms with Crippen LogP contribution in [0, 0.1) is 0 Å². The van der Waals surface area contributed by atoms with Crippen molar-refractivity contribution in [1.29, 1.82) is 0 Å². The molecule has 0 bridgehead atoms. The van der Waals surface area contributed by atoms with Gasteiger partial charge in [-0.25, -0.2) is 4.79 Å². The van der Waals surface area contributed by atoms with Crippen molar-refractivity contribution >= 4 is 60.6 Å². The Morgan fingerprint density at radius 2 is 1.92 bits per heavy atom. The Balaban J connectivity index is 2.99. The van der Waals surface area contributed by atoms with Gasteiger partial charge in [0.05, 0.1) is 10.0 Å². The van der Waals surface area contributed by atoms with Crippen molar-refractivity contribution in [2.45, 2.75) is 23.1 Å². The van der Waals surface area contributed by atoms with Crippen LogP contribution in [0.3, 0.4) is 0 Å². The highest BCUT2D eigenvalue weighted by atomic mass is 127. The average molecular weight is 575 g/mol. The first kappa shape index (κ1) is 23.1. The van der Waals surface area contributed by atoms with Crippen molar-refractivity contribution in [2.24, 2.45) is 0 Å². The van der Waals surface area contributed by atoms with Crippen molar-refractivity contribution < 1.29 is 45.2 Å². The summed E-state index contributed by atoms with van der Waals surface area (Å²) in [5, 5.41) is 0. The normalized spacial score (nSPS) is 14.4. The van der Waals surface area contributed by atoms with Gasteiger partial charge in [0.1, 0.15) is 15.4 Å². The highest BCUT2D eigenvalue weighted by Gasteiger charge is 2.45. The first-order valence-electron chi connectivity index (χ1n) is 6.59. The van der Waals surface area contributed by atoms with Crippen LogP contribution in [-0.2, 0) is 19.6 Å². The standard InChI is InChI=1S/C13H11BrF3IO7S/c1-6(18)11(19)24-9-3-2-7(4-8(9)14)12(20)25-10(13(15,16)17)5-26(21,22)23/h2-4,6,10H,5H2,1H3,(H,21,22,23). The van der Waals surface area contributed by atoms with E-state index >= 15 is 0 Å². The topological polar surface area (TPSA) is 107 Å². The number of ether oxygens (including phenoxy) is 2. The second-order valence-electron chi connectivity index (χ2n) is 4.87. The number of carbonyl (C=O) groups excluding carboxylic acids is 2. The molecule has 1 N–H and O–H groups in total. The Morgan fingerprint density at radius 3 is 2.35 bits per heavy atom. The van der Waals surface area contributed by atoms with E-state index in [1.54, 1.807) is 6.92 Å². The number of alkyl halides is 4. The van der Waals surface area contributed by atoms with Crippen LogP contribution in [0.5, 0.6) is 5.75 Å². The fraction of sp³-hybridized carbons (Fsp3) is 0.385. The number of hydrogen-bond acceptors (Lipinski definition) is 6. The van der Waals surface area contributed by atoms with Crippen LogP contribution in [0.2, 0.25) is 0 Å². The predicted octanol–water partition coefficient (Wildman–Crippen LogP) is 3.15. The number of halogens is 5. The second-order valence-corrected chi connectivity index (χ2v) is 9.09. The number of rotatable bonds is 6. The number of benzene rings is 1. The highest BCUT2D eigenvalue weighted by Crippen LogP contribution is 2.29. The van der Waals surface area contributed by atoms with E-state index in [9.17, 15) is 31.2 Å². The van der Waals surface area contributed by atoms with E-state index < -0.39 is 44.0 Å². The Labute approximate surface area is 168 Å². The van der Waals surface area contributed by atoms with Crippen LogP contribution >= 0.6 is 38.5 Å². The summed E-state index contributed by atoms with van der Waals surface area (Å²) >= 11 is 4.82. The molecule has 0 radical (unpaired) electrons. The van der Waals surface area contributed by atoms with Crippen molar-refractivity contribution in [3.05, 3.63) is 28.2 Å². The van der Waals surface area contributed by atoms with E-state index in [1.807, 2.05) is 22.6 Å². The first-order chi connectivity index (χ1) is 11.7. The van der Waals surface area contributed by atoms with E-state index in [1.165, 1.54) is 0 Å². The van der Waals surface area contributed by atoms with Crippen molar-refractivity contribution in [2.75, 3.05) is 5.75 Å². The molecule has 0 saturated heterocycles. The molecule has 2 unspecified atom stereocenters. The van der Waals surface area contributed by atoms with Crippen LogP contribution < -0.4 is 4.74 Å². The number of carbonyl (C=O) groups is 2. The van der Waals surface area contributed by atoms with Crippen molar-refractivity contribution in [3.8, 4) is 5.75 Å². The fourth-order valence-electron chi connectivity index (χ4n) is 1.48. The van der Waals surface area contributed by atoms with Gasteiger partial charge < -0.3 is 9.47 Å². The lowest BCUT2D eigenvalue weighted by Gasteiger charge is -2.19. The SMILES string of the molecule is CC(I)C(=O)Oc1ccc(C(=O)OC(CS(=O)(=O)O)C(F)(F)F)cc1Br. The third-order valence-corrected chi connectivity index (χ3v) is 4.53. The molecule has 13 heteroatoms. The van der Waals surface area contributed by atoms with E-state index in [0.29, 0.717) is 0 Å². The minimum absolute atomic E-state index is 0.0281. The average Bonchev–Trinajstić information content (AvgIpc) is 2.45. The summed E-state index contributed by atoms with van der Waals surface area (Å²) in [6, 6.07) is 3.24. The summed E-state index contributed by atoms with van der Waals surface area (Å²) in [7, 11) is -5.04. The quantitative estimate of drug-likeness (QED) is 0.183. The van der Waals surface area contributed by atoms with Crippen molar-refractivity contribution in [3.63, 3.8) is 0 Å². The Hall–Kier alpha value is -0.930. The molecular weight excluding hydrogens is 564 g/mol. The lowest BCUT2D eigenvalue weighted by Crippen LogP contribution is -2.39. The first-order valence-corrected chi connectivity index (χ1v) is 10.2. The maximum Gasteiger partial charge on any atom is 0.426 e. The molecule has 2 atom stereocenters. The molecule has 0 aliphatic rings. The Morgan fingerprint density at radius 1 is 1.35 bits per heavy atom. The monoisotopic (exact) mass is 574 g/mol. The lowest BCUT2D eigenvalue weighted by atomic mass is 10.2. The highest BCUT2D eigenvalue weighted by molar-refractivity contribution is 14.1. The summed E-state index contributed by atoms with van der Waals surface area (Å²) in [6.07, 6.45) is -8.24. The van der Waals surface area contributed by atoms with Crippen LogP contribution in [0.25, 0.3) is 0 Å². The molecule has 0 aliphatic carbocycles. The zero-order valence-electron chi connectivity index (χ0n) is 12.8. The molecule has 0 fully saturated rings. The van der Waals surface area contributed by atoms with E-state index in [0.717, 1.165) is 18.2 Å². The largest absolute Gasteiger partial charge is 0.448 e. The van der Waals surface area contributed by atoms with Gasteiger partial charge in [0.25, 0.3) is 10.1 Å². The molecular formula is C13H11BrF3IO7S. The summed E-state index contributed by atoms with van der Waals surface area (Å²) in [5.41, 5.74) is -0.358. The summed E-state index contributed by atoms with van der Waals surface area (Å²) < 4.78 is 77.0. The number of esters is 2. The molecule has 0 spiro atoms. The van der Waals surface area contributed by atoms with Gasteiger partial charge in [-0.1, -0.05) is 22.6 Å². The van der Waals surface area contributed by atoms with E-state index in [2.05, 4.69) is 20.7 Å². The maximum absolute atomic E-state index is 12.8. The molecule has 0 aliphatic heterocycles. The molecule has 7 nitrogen and oxygen atoms in total. The third-order valence-electron chi connectivity index (χ3n) is 2.68. The molecule has 1 rings (SSSR count). The molecule has 0 amide bonds. The van der Waals surface area contributed by atoms with E-state index in [4.69, 9.17) is 9.29 Å². The summed E-state index contributed by atoms with van der Waals surface area (Å²) in [6.45, 7) is 1.58. The van der Waals surface area contributed by atoms with Gasteiger partial charge in [-0.05, 0) is 41.1 Å². The van der Waals surface area contributed by atoms with E-state index in [-0.39, 0.29) is 15.8 Å². The van der Waals surface area contributed by atoms with Gasteiger partial charge in [0, 0.05) is 0 Å². The van der Waals surface area contributed by atoms with Gasteiger partial charge in [-0.3, -0.25) is 9.35 Å². The smallest absolute Gasteiger partial charge is 0.426 e. The van der Waals surface area contributed by atoms with Crippen LogP contribution in [0.1, 0.15) is 17.3 Å². The Kier molecular flexibility index (Phi) is 7.86. The van der Waals surface area contributed by atoms with Gasteiger partial charge in [-0.2, -0.15) is 21.6 Å². The minimum Gasteiger partial charge on any atom is -0.448 e. The summed E-state index contributed by atoms with van der Waals surface area (Å²) in [4.78, 5) is 23.4.